The van der Waals surface area contributed by atoms with E-state index in [1.165, 1.54) is 69.2 Å². The van der Waals surface area contributed by atoms with Crippen molar-refractivity contribution in [3.63, 3.8) is 0 Å². The Kier molecular flexibility index (Phi) is 7.11. The molecule has 2 aromatic heterocycles. The van der Waals surface area contributed by atoms with Crippen LogP contribution in [0.3, 0.4) is 0 Å². The normalized spacial score (nSPS) is 13.7. The first kappa shape index (κ1) is 31.7. The monoisotopic (exact) mass is 726 g/mol. The van der Waals surface area contributed by atoms with Gasteiger partial charge in [-0.05, 0) is 82.4 Å². The molecule has 11 rings (SSSR count). The van der Waals surface area contributed by atoms with Crippen molar-refractivity contribution < 1.29 is 0 Å². The summed E-state index contributed by atoms with van der Waals surface area (Å²) >= 11 is 3.80. The maximum absolute atomic E-state index is 5.30. The van der Waals surface area contributed by atoms with Gasteiger partial charge in [-0.25, -0.2) is 4.98 Å². The van der Waals surface area contributed by atoms with Crippen LogP contribution in [0.5, 0.6) is 0 Å². The Balaban J connectivity index is 1.14. The van der Waals surface area contributed by atoms with E-state index in [0.29, 0.717) is 0 Å². The van der Waals surface area contributed by atoms with Crippen molar-refractivity contribution in [3.8, 4) is 50.5 Å². The van der Waals surface area contributed by atoms with E-state index in [4.69, 9.17) is 4.98 Å². The zero-order chi connectivity index (χ0) is 36.0. The summed E-state index contributed by atoms with van der Waals surface area (Å²) in [5.41, 5.74) is 15.4. The number of hydrogen-bond donors (Lipinski definition) is 0. The molecule has 2 nitrogen and oxygen atoms in total. The van der Waals surface area contributed by atoms with Crippen LogP contribution < -0.4 is 0 Å². The second-order valence-electron chi connectivity index (χ2n) is 14.8. The smallest absolute Gasteiger partial charge is 0.0716 e. The van der Waals surface area contributed by atoms with E-state index >= 15 is 0 Å². The van der Waals surface area contributed by atoms with Crippen LogP contribution in [0, 0.1) is 0 Å². The van der Waals surface area contributed by atoms with Gasteiger partial charge in [-0.2, -0.15) is 0 Å². The molecule has 0 unspecified atom stereocenters. The Morgan fingerprint density at radius 1 is 0.463 bits per heavy atom. The number of nitrogens with zero attached hydrogens (tertiary/aromatic N) is 2. The van der Waals surface area contributed by atoms with Gasteiger partial charge in [-0.3, -0.25) is 0 Å². The largest absolute Gasteiger partial charge is 0.309 e. The quantitative estimate of drug-likeness (QED) is 0.180. The maximum Gasteiger partial charge on any atom is 0.0716 e. The van der Waals surface area contributed by atoms with Crippen LogP contribution in [0.2, 0.25) is 0 Å². The highest BCUT2D eigenvalue weighted by Gasteiger charge is 2.39. The number of para-hydroxylation sites is 1. The lowest BCUT2D eigenvalue weighted by Crippen LogP contribution is -2.15. The first-order valence-corrected chi connectivity index (χ1v) is 20.1. The third-order valence-corrected chi connectivity index (χ3v) is 13.8. The fourth-order valence-electron chi connectivity index (χ4n) is 8.60. The van der Waals surface area contributed by atoms with E-state index in [1.54, 1.807) is 0 Å². The average molecular weight is 727 g/mol. The Morgan fingerprint density at radius 2 is 1.09 bits per heavy atom. The van der Waals surface area contributed by atoms with Crippen LogP contribution >= 0.6 is 23.5 Å². The SMILES string of the molecule is CC1(C)c2cc3c(cc2-c2c1ccc1c4ccccc4n(-c4cccc(-c5cc(-c6ccccc6)cc(-c6ccccc6)n5)c4)c21)Sc1ccccc1S3. The van der Waals surface area contributed by atoms with Gasteiger partial charge >= 0.3 is 0 Å². The van der Waals surface area contributed by atoms with E-state index in [9.17, 15) is 0 Å². The molecule has 54 heavy (non-hydrogen) atoms. The lowest BCUT2D eigenvalue weighted by Gasteiger charge is -2.24. The predicted octanol–water partition coefficient (Wildman–Crippen LogP) is 14.1. The van der Waals surface area contributed by atoms with Gasteiger partial charge in [-0.15, -0.1) is 0 Å². The Hall–Kier alpha value is -5.81. The van der Waals surface area contributed by atoms with Gasteiger partial charge in [0.1, 0.15) is 0 Å². The average Bonchev–Trinajstić information content (AvgIpc) is 3.68. The minimum Gasteiger partial charge on any atom is -0.309 e. The van der Waals surface area contributed by atoms with Crippen LogP contribution in [-0.4, -0.2) is 9.55 Å². The van der Waals surface area contributed by atoms with Gasteiger partial charge in [0.05, 0.1) is 22.4 Å². The second kappa shape index (κ2) is 12.1. The lowest BCUT2D eigenvalue weighted by atomic mass is 9.82. The summed E-state index contributed by atoms with van der Waals surface area (Å²) in [7, 11) is 0. The molecule has 9 aromatic rings. The summed E-state index contributed by atoms with van der Waals surface area (Å²) < 4.78 is 2.51. The molecule has 0 saturated heterocycles. The van der Waals surface area contributed by atoms with E-state index in [-0.39, 0.29) is 5.41 Å². The standard InChI is InChI=1S/C50H34N2S2/c1-50(2)39-25-24-37-36-20-9-10-21-43(36)52(49(37)48(39)38-29-46-47(30-40(38)50)54-45-23-12-11-22-44(45)53-46)35-19-13-18-33(26-35)42-28-34(31-14-5-3-6-15-31)27-41(51-42)32-16-7-4-8-17-32/h3-30H,1-2H3. The molecule has 0 bridgehead atoms. The lowest BCUT2D eigenvalue weighted by molar-refractivity contribution is 0.658. The highest BCUT2D eigenvalue weighted by Crippen LogP contribution is 2.57. The van der Waals surface area contributed by atoms with Gasteiger partial charge in [0.2, 0.25) is 0 Å². The molecule has 0 N–H and O–H groups in total. The highest BCUT2D eigenvalue weighted by molar-refractivity contribution is 8.05. The molecule has 0 amide bonds. The van der Waals surface area contributed by atoms with E-state index in [2.05, 4.69) is 188 Å². The van der Waals surface area contributed by atoms with Gasteiger partial charge in [0.25, 0.3) is 0 Å². The van der Waals surface area contributed by atoms with Crippen molar-refractivity contribution in [2.24, 2.45) is 0 Å². The third kappa shape index (κ3) is 4.87. The second-order valence-corrected chi connectivity index (χ2v) is 16.9. The fourth-order valence-corrected chi connectivity index (χ4v) is 10.9. The van der Waals surface area contributed by atoms with Crippen LogP contribution in [0.25, 0.3) is 72.3 Å². The highest BCUT2D eigenvalue weighted by atomic mass is 32.2. The number of pyridine rings is 1. The summed E-state index contributed by atoms with van der Waals surface area (Å²) in [6.07, 6.45) is 0. The number of benzene rings is 7. The minimum absolute atomic E-state index is 0.144. The molecule has 0 radical (unpaired) electrons. The van der Waals surface area contributed by atoms with Crippen molar-refractivity contribution in [2.75, 3.05) is 0 Å². The van der Waals surface area contributed by atoms with Crippen molar-refractivity contribution in [3.05, 3.63) is 181 Å². The number of aromatic nitrogens is 2. The van der Waals surface area contributed by atoms with Crippen LogP contribution in [-0.2, 0) is 5.41 Å². The molecular weight excluding hydrogens is 693 g/mol. The van der Waals surface area contributed by atoms with E-state index in [0.717, 1.165) is 33.8 Å². The Morgan fingerprint density at radius 3 is 1.85 bits per heavy atom. The van der Waals surface area contributed by atoms with Crippen LogP contribution in [0.4, 0.5) is 0 Å². The van der Waals surface area contributed by atoms with Crippen LogP contribution in [0.15, 0.2) is 189 Å². The van der Waals surface area contributed by atoms with Crippen molar-refractivity contribution in [2.45, 2.75) is 38.8 Å². The Bertz CT molecular complexity index is 2900. The molecule has 0 spiro atoms. The molecule has 0 atom stereocenters. The number of fused-ring (bicyclic) bond motifs is 9. The Labute approximate surface area is 323 Å². The van der Waals surface area contributed by atoms with E-state index < -0.39 is 0 Å². The summed E-state index contributed by atoms with van der Waals surface area (Å²) in [6.45, 7) is 4.79. The molecule has 0 saturated carbocycles. The molecule has 2 aliphatic rings. The maximum atomic E-state index is 5.30. The number of hydrogen-bond acceptors (Lipinski definition) is 3. The molecule has 1 aliphatic heterocycles. The zero-order valence-electron chi connectivity index (χ0n) is 29.9. The molecule has 0 fully saturated rings. The third-order valence-electron chi connectivity index (χ3n) is 11.2. The molecule has 3 heterocycles. The van der Waals surface area contributed by atoms with Gasteiger partial charge in [0, 0.05) is 58.1 Å². The zero-order valence-corrected chi connectivity index (χ0v) is 31.5. The molecule has 7 aromatic carbocycles. The van der Waals surface area contributed by atoms with Gasteiger partial charge in [0.15, 0.2) is 0 Å². The van der Waals surface area contributed by atoms with Gasteiger partial charge in [-0.1, -0.05) is 153 Å². The van der Waals surface area contributed by atoms with E-state index in [1.807, 2.05) is 23.5 Å². The molecule has 4 heteroatoms. The topological polar surface area (TPSA) is 17.8 Å². The molecule has 256 valence electrons. The molecule has 1 aliphatic carbocycles. The minimum atomic E-state index is -0.144. The number of rotatable bonds is 4. The van der Waals surface area contributed by atoms with Crippen molar-refractivity contribution in [1.82, 2.24) is 9.55 Å². The summed E-state index contributed by atoms with van der Waals surface area (Å²) in [5, 5.41) is 2.54. The van der Waals surface area contributed by atoms with Crippen LogP contribution in [0.1, 0.15) is 25.0 Å². The first-order chi connectivity index (χ1) is 26.5. The van der Waals surface area contributed by atoms with Crippen molar-refractivity contribution in [1.29, 1.82) is 0 Å². The first-order valence-electron chi connectivity index (χ1n) is 18.5. The summed E-state index contributed by atoms with van der Waals surface area (Å²) in [6, 6.07) is 61.9. The fraction of sp³-hybridized carbons (Fsp3) is 0.0600. The van der Waals surface area contributed by atoms with Gasteiger partial charge < -0.3 is 4.57 Å². The van der Waals surface area contributed by atoms with Crippen molar-refractivity contribution >= 4 is 45.3 Å². The summed E-state index contributed by atoms with van der Waals surface area (Å²) in [4.78, 5) is 10.6. The molecular formula is C50H34N2S2. The predicted molar refractivity (Wildman–Crippen MR) is 227 cm³/mol. The summed E-state index contributed by atoms with van der Waals surface area (Å²) in [5.74, 6) is 0.